The molecule has 0 aliphatic heterocycles. The van der Waals surface area contributed by atoms with Gasteiger partial charge < -0.3 is 0 Å². The van der Waals surface area contributed by atoms with E-state index in [-0.39, 0.29) is 5.38 Å². The molecular formula is C9H10ClN3S. The highest BCUT2D eigenvalue weighted by molar-refractivity contribution is 7.07. The predicted molar refractivity (Wildman–Crippen MR) is 57.7 cm³/mol. The van der Waals surface area contributed by atoms with Crippen LogP contribution in [0.15, 0.2) is 23.0 Å². The Balaban J connectivity index is 2.11. The highest BCUT2D eigenvalue weighted by Crippen LogP contribution is 2.16. The molecule has 0 aliphatic carbocycles. The maximum absolute atomic E-state index is 5.88. The van der Waals surface area contributed by atoms with E-state index in [2.05, 4.69) is 27.1 Å². The van der Waals surface area contributed by atoms with Crippen molar-refractivity contribution in [1.29, 1.82) is 0 Å². The minimum Gasteiger partial charge on any atom is -0.248 e. The molecule has 0 N–H and O–H groups in total. The van der Waals surface area contributed by atoms with Crippen molar-refractivity contribution in [3.63, 3.8) is 0 Å². The molecule has 2 aromatic heterocycles. The van der Waals surface area contributed by atoms with Gasteiger partial charge in [0.2, 0.25) is 0 Å². The molecule has 5 heteroatoms. The molecule has 3 nitrogen and oxygen atoms in total. The fraction of sp³-hybridized carbons (Fsp3) is 0.333. The molecule has 0 bridgehead atoms. The molecule has 0 aromatic carbocycles. The molecule has 1 atom stereocenters. The second-order valence-corrected chi connectivity index (χ2v) is 4.52. The zero-order valence-corrected chi connectivity index (χ0v) is 9.29. The Hall–Kier alpha value is -0.870. The van der Waals surface area contributed by atoms with Crippen molar-refractivity contribution < 1.29 is 0 Å². The van der Waals surface area contributed by atoms with Crippen LogP contribution in [-0.4, -0.2) is 15.0 Å². The molecular weight excluding hydrogens is 218 g/mol. The van der Waals surface area contributed by atoms with Crippen molar-refractivity contribution in [2.45, 2.75) is 18.8 Å². The van der Waals surface area contributed by atoms with Gasteiger partial charge in [0.25, 0.3) is 0 Å². The van der Waals surface area contributed by atoms with E-state index in [9.17, 15) is 0 Å². The molecule has 0 fully saturated rings. The van der Waals surface area contributed by atoms with Crippen LogP contribution in [0.4, 0.5) is 0 Å². The van der Waals surface area contributed by atoms with Gasteiger partial charge in [0.15, 0.2) is 0 Å². The van der Waals surface area contributed by atoms with Gasteiger partial charge in [-0.2, -0.15) is 11.3 Å². The molecule has 14 heavy (non-hydrogen) atoms. The number of rotatable bonds is 3. The summed E-state index contributed by atoms with van der Waals surface area (Å²) < 4.78 is 1.80. The van der Waals surface area contributed by atoms with Crippen LogP contribution in [0.25, 0.3) is 0 Å². The molecule has 2 aromatic rings. The maximum atomic E-state index is 5.88. The smallest absolute Gasteiger partial charge is 0.100 e. The van der Waals surface area contributed by atoms with E-state index in [1.807, 2.05) is 13.1 Å². The van der Waals surface area contributed by atoms with E-state index in [4.69, 9.17) is 11.6 Å². The Bertz CT molecular complexity index is 394. The van der Waals surface area contributed by atoms with Gasteiger partial charge in [-0.1, -0.05) is 5.21 Å². The monoisotopic (exact) mass is 227 g/mol. The standard InChI is InChI=1S/C9H10ClN3S/c1-7(10)9-5-13(12-11-9)4-8-2-3-14-6-8/h2-3,5-7H,4H2,1H3. The summed E-state index contributed by atoms with van der Waals surface area (Å²) in [6.45, 7) is 2.65. The van der Waals surface area contributed by atoms with Gasteiger partial charge in [-0.25, -0.2) is 4.68 Å². The third-order valence-electron chi connectivity index (χ3n) is 1.89. The van der Waals surface area contributed by atoms with Crippen LogP contribution in [0.2, 0.25) is 0 Å². The topological polar surface area (TPSA) is 30.7 Å². The summed E-state index contributed by atoms with van der Waals surface area (Å²) in [6, 6.07) is 2.08. The second-order valence-electron chi connectivity index (χ2n) is 3.09. The van der Waals surface area contributed by atoms with E-state index in [0.29, 0.717) is 0 Å². The molecule has 0 spiro atoms. The van der Waals surface area contributed by atoms with Crippen LogP contribution in [-0.2, 0) is 6.54 Å². The van der Waals surface area contributed by atoms with Gasteiger partial charge in [0.05, 0.1) is 18.1 Å². The van der Waals surface area contributed by atoms with Gasteiger partial charge >= 0.3 is 0 Å². The molecule has 0 aliphatic rings. The average Bonchev–Trinajstić information content (AvgIpc) is 2.75. The first-order chi connectivity index (χ1) is 6.75. The molecule has 2 heterocycles. The zero-order valence-electron chi connectivity index (χ0n) is 7.72. The molecule has 74 valence electrons. The summed E-state index contributed by atoms with van der Waals surface area (Å²) >= 11 is 7.57. The first-order valence-electron chi connectivity index (χ1n) is 4.31. The van der Waals surface area contributed by atoms with Crippen molar-refractivity contribution in [3.8, 4) is 0 Å². The molecule has 0 saturated carbocycles. The van der Waals surface area contributed by atoms with Crippen molar-refractivity contribution in [2.75, 3.05) is 0 Å². The van der Waals surface area contributed by atoms with Crippen molar-refractivity contribution in [2.24, 2.45) is 0 Å². The number of halogens is 1. The predicted octanol–water partition coefficient (Wildman–Crippen LogP) is 2.69. The third kappa shape index (κ3) is 2.13. The maximum Gasteiger partial charge on any atom is 0.100 e. The Kier molecular flexibility index (Phi) is 2.84. The number of hydrogen-bond donors (Lipinski definition) is 0. The first kappa shape index (κ1) is 9.68. The van der Waals surface area contributed by atoms with E-state index in [1.54, 1.807) is 16.0 Å². The largest absolute Gasteiger partial charge is 0.248 e. The summed E-state index contributed by atoms with van der Waals surface area (Å²) in [5, 5.41) is 12.1. The van der Waals surface area contributed by atoms with E-state index in [1.165, 1.54) is 5.56 Å². The molecule has 0 saturated heterocycles. The van der Waals surface area contributed by atoms with Gasteiger partial charge in [0, 0.05) is 0 Å². The lowest BCUT2D eigenvalue weighted by Crippen LogP contribution is -1.98. The molecule has 0 radical (unpaired) electrons. The fourth-order valence-corrected chi connectivity index (χ4v) is 1.90. The Labute approximate surface area is 91.3 Å². The molecule has 0 amide bonds. The molecule has 1 unspecified atom stereocenters. The van der Waals surface area contributed by atoms with Crippen LogP contribution < -0.4 is 0 Å². The Morgan fingerprint density at radius 3 is 3.07 bits per heavy atom. The van der Waals surface area contributed by atoms with Crippen LogP contribution in [0, 0.1) is 0 Å². The van der Waals surface area contributed by atoms with Crippen LogP contribution >= 0.6 is 22.9 Å². The van der Waals surface area contributed by atoms with Crippen LogP contribution in [0.3, 0.4) is 0 Å². The minimum atomic E-state index is -0.0776. The van der Waals surface area contributed by atoms with E-state index < -0.39 is 0 Å². The number of aromatic nitrogens is 3. The Morgan fingerprint density at radius 1 is 1.64 bits per heavy atom. The van der Waals surface area contributed by atoms with Crippen molar-refractivity contribution in [1.82, 2.24) is 15.0 Å². The fourth-order valence-electron chi connectivity index (χ4n) is 1.14. The average molecular weight is 228 g/mol. The van der Waals surface area contributed by atoms with Crippen LogP contribution in [0.5, 0.6) is 0 Å². The lowest BCUT2D eigenvalue weighted by Gasteiger charge is -1.96. The van der Waals surface area contributed by atoms with Gasteiger partial charge in [-0.05, 0) is 29.3 Å². The number of hydrogen-bond acceptors (Lipinski definition) is 3. The first-order valence-corrected chi connectivity index (χ1v) is 5.69. The summed E-state index contributed by atoms with van der Waals surface area (Å²) in [4.78, 5) is 0. The van der Waals surface area contributed by atoms with Crippen molar-refractivity contribution in [3.05, 3.63) is 34.3 Å². The lowest BCUT2D eigenvalue weighted by molar-refractivity contribution is 0.650. The van der Waals surface area contributed by atoms with Crippen molar-refractivity contribution >= 4 is 22.9 Å². The third-order valence-corrected chi connectivity index (χ3v) is 2.84. The zero-order chi connectivity index (χ0) is 9.97. The van der Waals surface area contributed by atoms with Gasteiger partial charge in [0.1, 0.15) is 5.69 Å². The summed E-state index contributed by atoms with van der Waals surface area (Å²) in [7, 11) is 0. The summed E-state index contributed by atoms with van der Waals surface area (Å²) in [5.41, 5.74) is 2.07. The Morgan fingerprint density at radius 2 is 2.50 bits per heavy atom. The van der Waals surface area contributed by atoms with Gasteiger partial charge in [-0.3, -0.25) is 0 Å². The van der Waals surface area contributed by atoms with E-state index in [0.717, 1.165) is 12.2 Å². The highest BCUT2D eigenvalue weighted by atomic mass is 35.5. The van der Waals surface area contributed by atoms with Crippen LogP contribution in [0.1, 0.15) is 23.6 Å². The normalized spacial score (nSPS) is 13.0. The quantitative estimate of drug-likeness (QED) is 0.755. The van der Waals surface area contributed by atoms with E-state index >= 15 is 0 Å². The lowest BCUT2D eigenvalue weighted by atomic mass is 10.3. The summed E-state index contributed by atoms with van der Waals surface area (Å²) in [6.07, 6.45) is 1.88. The van der Waals surface area contributed by atoms with Gasteiger partial charge in [-0.15, -0.1) is 16.7 Å². The second kappa shape index (κ2) is 4.11. The SMILES string of the molecule is CC(Cl)c1cn(Cc2ccsc2)nn1. The highest BCUT2D eigenvalue weighted by Gasteiger charge is 2.06. The summed E-state index contributed by atoms with van der Waals surface area (Å²) in [5.74, 6) is 0. The molecule has 2 rings (SSSR count). The number of alkyl halides is 1. The minimum absolute atomic E-state index is 0.0776. The number of thiophene rings is 1. The number of nitrogens with zero attached hydrogens (tertiary/aromatic N) is 3.